The van der Waals surface area contributed by atoms with Crippen LogP contribution in [0.2, 0.25) is 5.02 Å². The number of carbonyl (C=O) groups excluding carboxylic acids is 1. The number of aromatic nitrogens is 3. The Balaban J connectivity index is 1.85. The molecular weight excluding hydrogens is 396 g/mol. The van der Waals surface area contributed by atoms with Crippen molar-refractivity contribution in [2.75, 3.05) is 12.9 Å². The first-order chi connectivity index (χ1) is 13.5. The lowest BCUT2D eigenvalue weighted by Crippen LogP contribution is -2.24. The van der Waals surface area contributed by atoms with Crippen molar-refractivity contribution < 1.29 is 9.53 Å². The van der Waals surface area contributed by atoms with E-state index in [0.29, 0.717) is 22.2 Å². The second-order valence-electron chi connectivity index (χ2n) is 5.96. The molecule has 3 aromatic rings. The molecule has 0 saturated heterocycles. The summed E-state index contributed by atoms with van der Waals surface area (Å²) >= 11 is 7.89. The van der Waals surface area contributed by atoms with Crippen LogP contribution in [0.4, 0.5) is 0 Å². The second-order valence-corrected chi connectivity index (χ2v) is 7.60. The van der Waals surface area contributed by atoms with Gasteiger partial charge >= 0.3 is 0 Å². The summed E-state index contributed by atoms with van der Waals surface area (Å²) in [5.74, 6) is 2.01. The summed E-state index contributed by atoms with van der Waals surface area (Å²) in [4.78, 5) is 12.5. The number of methoxy groups -OCH3 is 1. The molecule has 0 atom stereocenters. The van der Waals surface area contributed by atoms with Crippen molar-refractivity contribution in [3.8, 4) is 11.4 Å². The molecule has 0 aliphatic carbocycles. The molecule has 0 aliphatic heterocycles. The van der Waals surface area contributed by atoms with Crippen LogP contribution in [0.25, 0.3) is 5.69 Å². The molecular formula is C20H21ClN4O2S. The number of hydrogen-bond acceptors (Lipinski definition) is 5. The van der Waals surface area contributed by atoms with E-state index < -0.39 is 0 Å². The molecule has 1 heterocycles. The highest BCUT2D eigenvalue weighted by Crippen LogP contribution is 2.27. The van der Waals surface area contributed by atoms with Crippen LogP contribution in [0.15, 0.2) is 47.6 Å². The Morgan fingerprint density at radius 3 is 2.64 bits per heavy atom. The Morgan fingerprint density at radius 2 is 1.96 bits per heavy atom. The molecule has 3 rings (SSSR count). The molecule has 0 aliphatic rings. The van der Waals surface area contributed by atoms with Gasteiger partial charge in [-0.15, -0.1) is 10.2 Å². The zero-order chi connectivity index (χ0) is 20.1. The van der Waals surface area contributed by atoms with Crippen LogP contribution in [0.5, 0.6) is 5.75 Å². The van der Waals surface area contributed by atoms with Crippen molar-refractivity contribution in [3.63, 3.8) is 0 Å². The van der Waals surface area contributed by atoms with E-state index in [1.165, 1.54) is 0 Å². The Hall–Kier alpha value is -2.51. The number of nitrogens with one attached hydrogen (secondary N) is 1. The van der Waals surface area contributed by atoms with Crippen molar-refractivity contribution in [2.24, 2.45) is 0 Å². The van der Waals surface area contributed by atoms with Crippen LogP contribution < -0.4 is 10.1 Å². The number of hydrogen-bond donors (Lipinski definition) is 1. The molecule has 0 radical (unpaired) electrons. The fourth-order valence-corrected chi connectivity index (χ4v) is 3.58. The number of nitrogens with zero attached hydrogens (tertiary/aromatic N) is 3. The van der Waals surface area contributed by atoms with E-state index in [-0.39, 0.29) is 12.5 Å². The van der Waals surface area contributed by atoms with E-state index in [2.05, 4.69) is 22.4 Å². The maximum absolute atomic E-state index is 12.5. The maximum atomic E-state index is 12.5. The summed E-state index contributed by atoms with van der Waals surface area (Å²) in [6.45, 7) is 4.26. The molecule has 1 N–H and O–H groups in total. The van der Waals surface area contributed by atoms with Gasteiger partial charge in [-0.1, -0.05) is 36.4 Å². The predicted octanol–water partition coefficient (Wildman–Crippen LogP) is 4.28. The van der Waals surface area contributed by atoms with Gasteiger partial charge in [-0.3, -0.25) is 9.36 Å². The number of amides is 1. The molecule has 0 fully saturated rings. The summed E-state index contributed by atoms with van der Waals surface area (Å²) in [6.07, 6.45) is 0. The Bertz CT molecular complexity index is 973. The summed E-state index contributed by atoms with van der Waals surface area (Å²) in [5, 5.41) is 12.9. The van der Waals surface area contributed by atoms with Gasteiger partial charge in [0.25, 0.3) is 5.91 Å². The topological polar surface area (TPSA) is 69.0 Å². The fraction of sp³-hybridized carbons (Fsp3) is 0.250. The molecule has 0 bridgehead atoms. The van der Waals surface area contributed by atoms with Gasteiger partial charge in [0.2, 0.25) is 0 Å². The highest BCUT2D eigenvalue weighted by molar-refractivity contribution is 7.99. The standard InChI is InChI=1S/C20H21ClN4O2S/c1-4-28-20-24-23-18(25(20)17-7-5-6-16(21)13(17)2)12-22-19(26)14-8-10-15(27-3)11-9-14/h5-11H,4,12H2,1-3H3,(H,22,26). The lowest BCUT2D eigenvalue weighted by Gasteiger charge is -2.14. The average Bonchev–Trinajstić information content (AvgIpc) is 3.11. The van der Waals surface area contributed by atoms with Gasteiger partial charge in [0, 0.05) is 10.6 Å². The van der Waals surface area contributed by atoms with Gasteiger partial charge in [-0.25, -0.2) is 0 Å². The minimum Gasteiger partial charge on any atom is -0.497 e. The third-order valence-electron chi connectivity index (χ3n) is 4.21. The van der Waals surface area contributed by atoms with Crippen LogP contribution in [0.3, 0.4) is 0 Å². The number of thioether (sulfide) groups is 1. The maximum Gasteiger partial charge on any atom is 0.251 e. The van der Waals surface area contributed by atoms with Crippen LogP contribution in [0, 0.1) is 6.92 Å². The molecule has 28 heavy (non-hydrogen) atoms. The molecule has 0 saturated carbocycles. The van der Waals surface area contributed by atoms with E-state index >= 15 is 0 Å². The van der Waals surface area contributed by atoms with E-state index in [1.54, 1.807) is 43.1 Å². The highest BCUT2D eigenvalue weighted by atomic mass is 35.5. The van der Waals surface area contributed by atoms with Crippen molar-refractivity contribution in [1.29, 1.82) is 0 Å². The van der Waals surface area contributed by atoms with Gasteiger partial charge in [-0.05, 0) is 54.6 Å². The highest BCUT2D eigenvalue weighted by Gasteiger charge is 2.17. The Labute approximate surface area is 173 Å². The molecule has 2 aromatic carbocycles. The van der Waals surface area contributed by atoms with Crippen molar-refractivity contribution in [2.45, 2.75) is 25.5 Å². The van der Waals surface area contributed by atoms with Crippen LogP contribution in [-0.2, 0) is 6.54 Å². The number of halogens is 1. The van der Waals surface area contributed by atoms with Gasteiger partial charge in [-0.2, -0.15) is 0 Å². The fourth-order valence-electron chi connectivity index (χ4n) is 2.72. The minimum absolute atomic E-state index is 0.190. The molecule has 146 valence electrons. The molecule has 1 aromatic heterocycles. The minimum atomic E-state index is -0.190. The molecule has 0 unspecified atom stereocenters. The van der Waals surface area contributed by atoms with Crippen molar-refractivity contribution in [3.05, 3.63) is 64.4 Å². The first kappa shape index (κ1) is 20.2. The summed E-state index contributed by atoms with van der Waals surface area (Å²) in [5.41, 5.74) is 2.39. The van der Waals surface area contributed by atoms with Gasteiger partial charge < -0.3 is 10.1 Å². The largest absolute Gasteiger partial charge is 0.497 e. The average molecular weight is 417 g/mol. The van der Waals surface area contributed by atoms with Crippen molar-refractivity contribution in [1.82, 2.24) is 20.1 Å². The van der Waals surface area contributed by atoms with Gasteiger partial charge in [0.05, 0.1) is 19.3 Å². The molecule has 6 nitrogen and oxygen atoms in total. The zero-order valence-corrected chi connectivity index (χ0v) is 17.5. The van der Waals surface area contributed by atoms with Crippen LogP contribution in [0.1, 0.15) is 28.7 Å². The smallest absolute Gasteiger partial charge is 0.251 e. The predicted molar refractivity (Wildman–Crippen MR) is 112 cm³/mol. The monoisotopic (exact) mass is 416 g/mol. The third-order valence-corrected chi connectivity index (χ3v) is 5.43. The SMILES string of the molecule is CCSc1nnc(CNC(=O)c2ccc(OC)cc2)n1-c1cccc(Cl)c1C. The Morgan fingerprint density at radius 1 is 1.21 bits per heavy atom. The molecule has 8 heteroatoms. The number of benzene rings is 2. The van der Waals surface area contributed by atoms with E-state index in [1.807, 2.05) is 29.7 Å². The van der Waals surface area contributed by atoms with E-state index in [9.17, 15) is 4.79 Å². The van der Waals surface area contributed by atoms with E-state index in [0.717, 1.165) is 22.2 Å². The first-order valence-corrected chi connectivity index (χ1v) is 10.2. The number of rotatable bonds is 7. The Kier molecular flexibility index (Phi) is 6.59. The number of ether oxygens (including phenoxy) is 1. The second kappa shape index (κ2) is 9.12. The normalized spacial score (nSPS) is 10.7. The number of carbonyl (C=O) groups is 1. The molecule has 1 amide bonds. The zero-order valence-electron chi connectivity index (χ0n) is 15.9. The first-order valence-electron chi connectivity index (χ1n) is 8.80. The van der Waals surface area contributed by atoms with Crippen molar-refractivity contribution >= 4 is 29.3 Å². The van der Waals surface area contributed by atoms with E-state index in [4.69, 9.17) is 16.3 Å². The molecule has 0 spiro atoms. The third kappa shape index (κ3) is 4.31. The quantitative estimate of drug-likeness (QED) is 0.582. The lowest BCUT2D eigenvalue weighted by molar-refractivity contribution is 0.0949. The summed E-state index contributed by atoms with van der Waals surface area (Å²) < 4.78 is 7.07. The summed E-state index contributed by atoms with van der Waals surface area (Å²) in [6, 6.07) is 12.7. The van der Waals surface area contributed by atoms with Crippen LogP contribution in [-0.4, -0.2) is 33.5 Å². The lowest BCUT2D eigenvalue weighted by atomic mass is 10.2. The van der Waals surface area contributed by atoms with Gasteiger partial charge in [0.15, 0.2) is 11.0 Å². The summed E-state index contributed by atoms with van der Waals surface area (Å²) in [7, 11) is 1.59. The van der Waals surface area contributed by atoms with Crippen LogP contribution >= 0.6 is 23.4 Å². The van der Waals surface area contributed by atoms with Gasteiger partial charge in [0.1, 0.15) is 5.75 Å².